The number of nitrogens with zero attached hydrogens (tertiary/aromatic N) is 3. The van der Waals surface area contributed by atoms with Gasteiger partial charge in [-0.3, -0.25) is 4.79 Å². The highest BCUT2D eigenvalue weighted by molar-refractivity contribution is 7.17. The Morgan fingerprint density at radius 2 is 2.00 bits per heavy atom. The fourth-order valence-corrected chi connectivity index (χ4v) is 2.34. The summed E-state index contributed by atoms with van der Waals surface area (Å²) in [6, 6.07) is 11.0. The molecule has 90 valence electrons. The predicted molar refractivity (Wildman–Crippen MR) is 69.8 cm³/mol. The molecule has 1 amide bonds. The number of carbonyl (C=O) groups excluding carboxylic acids is 1. The summed E-state index contributed by atoms with van der Waals surface area (Å²) in [5.74, 6) is 0.225. The van der Waals surface area contributed by atoms with E-state index in [2.05, 4.69) is 10.0 Å². The number of hydrogen-bond acceptors (Lipinski definition) is 3. The van der Waals surface area contributed by atoms with E-state index in [1.165, 1.54) is 11.3 Å². The Kier molecular flexibility index (Phi) is 3.62. The van der Waals surface area contributed by atoms with E-state index in [1.807, 2.05) is 30.3 Å². The largest absolute Gasteiger partial charge is 0.497 e. The molecular weight excluding hydrogens is 250 g/mol. The van der Waals surface area contributed by atoms with Gasteiger partial charge in [0.2, 0.25) is 0 Å². The SMILES string of the molecule is COc1ccc(-c2ccc(C(=O)N=[N+]=[N-])s2)cc1. The topological polar surface area (TPSA) is 75.1 Å². The van der Waals surface area contributed by atoms with Crippen molar-refractivity contribution in [3.05, 3.63) is 51.7 Å². The molecule has 0 saturated carbocycles. The monoisotopic (exact) mass is 259 g/mol. The zero-order valence-electron chi connectivity index (χ0n) is 9.53. The molecule has 18 heavy (non-hydrogen) atoms. The first kappa shape index (κ1) is 12.2. The molecule has 0 bridgehead atoms. The van der Waals surface area contributed by atoms with Gasteiger partial charge in [-0.2, -0.15) is 0 Å². The predicted octanol–water partition coefficient (Wildman–Crippen LogP) is 3.87. The number of amides is 1. The maximum Gasteiger partial charge on any atom is 0.259 e. The van der Waals surface area contributed by atoms with Crippen molar-refractivity contribution in [3.8, 4) is 16.2 Å². The second-order valence-electron chi connectivity index (χ2n) is 3.39. The van der Waals surface area contributed by atoms with Gasteiger partial charge in [-0.1, -0.05) is 0 Å². The molecule has 0 N–H and O–H groups in total. The standard InChI is InChI=1S/C12H9N3O2S/c1-17-9-4-2-8(3-5-9)10-6-7-11(18-10)12(16)14-15-13/h2-7H,1H3. The van der Waals surface area contributed by atoms with Gasteiger partial charge in [0.25, 0.3) is 5.91 Å². The van der Waals surface area contributed by atoms with E-state index < -0.39 is 5.91 Å². The van der Waals surface area contributed by atoms with Gasteiger partial charge in [-0.05, 0) is 52.6 Å². The van der Waals surface area contributed by atoms with Crippen LogP contribution in [-0.2, 0) is 0 Å². The maximum atomic E-state index is 11.4. The summed E-state index contributed by atoms with van der Waals surface area (Å²) in [6.45, 7) is 0. The first-order valence-corrected chi connectivity index (χ1v) is 5.90. The Morgan fingerprint density at radius 1 is 1.28 bits per heavy atom. The number of carbonyl (C=O) groups is 1. The van der Waals surface area contributed by atoms with Crippen molar-refractivity contribution in [2.75, 3.05) is 7.11 Å². The lowest BCUT2D eigenvalue weighted by molar-refractivity contribution is 0.100. The highest BCUT2D eigenvalue weighted by Gasteiger charge is 2.08. The molecule has 6 heteroatoms. The number of benzene rings is 1. The first-order chi connectivity index (χ1) is 8.74. The maximum absolute atomic E-state index is 11.4. The molecule has 2 aromatic rings. The third-order valence-electron chi connectivity index (χ3n) is 2.33. The van der Waals surface area contributed by atoms with E-state index in [1.54, 1.807) is 13.2 Å². The molecule has 0 fully saturated rings. The summed E-state index contributed by atoms with van der Waals surface area (Å²) >= 11 is 1.29. The molecule has 0 atom stereocenters. The third kappa shape index (κ3) is 2.51. The lowest BCUT2D eigenvalue weighted by Gasteiger charge is -2.00. The number of azide groups is 1. The van der Waals surface area contributed by atoms with E-state index in [4.69, 9.17) is 10.3 Å². The molecule has 1 aromatic heterocycles. The minimum atomic E-state index is -0.553. The molecule has 0 spiro atoms. The van der Waals surface area contributed by atoms with Crippen LogP contribution in [0.15, 0.2) is 41.5 Å². The van der Waals surface area contributed by atoms with Crippen LogP contribution in [-0.4, -0.2) is 13.0 Å². The second kappa shape index (κ2) is 5.35. The number of hydrogen-bond donors (Lipinski definition) is 0. The van der Waals surface area contributed by atoms with Gasteiger partial charge < -0.3 is 4.74 Å². The third-order valence-corrected chi connectivity index (χ3v) is 3.45. The van der Waals surface area contributed by atoms with Gasteiger partial charge in [0.05, 0.1) is 12.0 Å². The van der Waals surface area contributed by atoms with Crippen LogP contribution in [0, 0.1) is 0 Å². The van der Waals surface area contributed by atoms with Crippen molar-refractivity contribution in [2.24, 2.45) is 5.11 Å². The molecule has 0 aliphatic rings. The highest BCUT2D eigenvalue weighted by atomic mass is 32.1. The fraction of sp³-hybridized carbons (Fsp3) is 0.0833. The summed E-state index contributed by atoms with van der Waals surface area (Å²) < 4.78 is 5.07. The molecule has 5 nitrogen and oxygen atoms in total. The van der Waals surface area contributed by atoms with Crippen LogP contribution in [0.1, 0.15) is 9.67 Å². The van der Waals surface area contributed by atoms with E-state index in [-0.39, 0.29) is 0 Å². The second-order valence-corrected chi connectivity index (χ2v) is 4.47. The Labute approximate surface area is 107 Å². The summed E-state index contributed by atoms with van der Waals surface area (Å²) in [5, 5.41) is 3.06. The molecule has 0 aliphatic carbocycles. The zero-order chi connectivity index (χ0) is 13.0. The molecule has 2 rings (SSSR count). The zero-order valence-corrected chi connectivity index (χ0v) is 10.3. The smallest absolute Gasteiger partial charge is 0.259 e. The van der Waals surface area contributed by atoms with Crippen LogP contribution in [0.25, 0.3) is 20.9 Å². The minimum Gasteiger partial charge on any atom is -0.497 e. The number of thiophene rings is 1. The molecule has 0 saturated heterocycles. The van der Waals surface area contributed by atoms with Crippen LogP contribution in [0.3, 0.4) is 0 Å². The van der Waals surface area contributed by atoms with Crippen LogP contribution in [0.5, 0.6) is 5.75 Å². The van der Waals surface area contributed by atoms with Crippen molar-refractivity contribution < 1.29 is 9.53 Å². The van der Waals surface area contributed by atoms with Crippen molar-refractivity contribution in [2.45, 2.75) is 0 Å². The Hall–Kier alpha value is -2.30. The van der Waals surface area contributed by atoms with Crippen LogP contribution in [0.4, 0.5) is 0 Å². The molecule has 1 aromatic carbocycles. The normalized spacial score (nSPS) is 9.61. The lowest BCUT2D eigenvalue weighted by Crippen LogP contribution is -1.86. The minimum absolute atomic E-state index is 0.429. The number of ether oxygens (including phenoxy) is 1. The first-order valence-electron chi connectivity index (χ1n) is 5.08. The molecular formula is C12H9N3O2S. The average Bonchev–Trinajstić information content (AvgIpc) is 2.89. The molecule has 0 aliphatic heterocycles. The Balaban J connectivity index is 2.28. The van der Waals surface area contributed by atoms with Gasteiger partial charge >= 0.3 is 0 Å². The summed E-state index contributed by atoms with van der Waals surface area (Å²) in [7, 11) is 1.61. The summed E-state index contributed by atoms with van der Waals surface area (Å²) in [4.78, 5) is 15.2. The Bertz CT molecular complexity index is 613. The molecule has 1 heterocycles. The van der Waals surface area contributed by atoms with Gasteiger partial charge in [-0.15, -0.1) is 11.3 Å². The number of rotatable bonds is 3. The summed E-state index contributed by atoms with van der Waals surface area (Å²) in [5.41, 5.74) is 9.19. The van der Waals surface area contributed by atoms with Crippen LogP contribution in [0.2, 0.25) is 0 Å². The summed E-state index contributed by atoms with van der Waals surface area (Å²) in [6.07, 6.45) is 0. The van der Waals surface area contributed by atoms with Gasteiger partial charge in [0.1, 0.15) is 5.75 Å². The van der Waals surface area contributed by atoms with Crippen LogP contribution < -0.4 is 4.74 Å². The van der Waals surface area contributed by atoms with Crippen LogP contribution >= 0.6 is 11.3 Å². The molecule has 0 radical (unpaired) electrons. The van der Waals surface area contributed by atoms with Gasteiger partial charge in [-0.25, -0.2) is 0 Å². The van der Waals surface area contributed by atoms with E-state index >= 15 is 0 Å². The highest BCUT2D eigenvalue weighted by Crippen LogP contribution is 2.29. The van der Waals surface area contributed by atoms with Crippen molar-refractivity contribution >= 4 is 17.2 Å². The van der Waals surface area contributed by atoms with Gasteiger partial charge in [0.15, 0.2) is 0 Å². The molecule has 0 unspecified atom stereocenters. The Morgan fingerprint density at radius 3 is 2.61 bits per heavy atom. The average molecular weight is 259 g/mol. The van der Waals surface area contributed by atoms with E-state index in [0.29, 0.717) is 4.88 Å². The van der Waals surface area contributed by atoms with E-state index in [9.17, 15) is 4.79 Å². The van der Waals surface area contributed by atoms with Crippen molar-refractivity contribution in [1.29, 1.82) is 0 Å². The van der Waals surface area contributed by atoms with Crippen molar-refractivity contribution in [1.82, 2.24) is 0 Å². The quantitative estimate of drug-likeness (QED) is 0.476. The van der Waals surface area contributed by atoms with Crippen molar-refractivity contribution in [3.63, 3.8) is 0 Å². The van der Waals surface area contributed by atoms with E-state index in [0.717, 1.165) is 16.2 Å². The number of methoxy groups -OCH3 is 1. The lowest BCUT2D eigenvalue weighted by atomic mass is 10.2. The fourth-order valence-electron chi connectivity index (χ4n) is 1.45. The van der Waals surface area contributed by atoms with Gasteiger partial charge in [0, 0.05) is 9.79 Å².